The van der Waals surface area contributed by atoms with Crippen molar-refractivity contribution < 1.29 is 23.5 Å². The molecule has 7 nitrogen and oxygen atoms in total. The molecule has 1 aromatic heterocycles. The summed E-state index contributed by atoms with van der Waals surface area (Å²) >= 11 is 0. The molecular formula is C23H26N2O5. The van der Waals surface area contributed by atoms with E-state index in [1.165, 1.54) is 0 Å². The van der Waals surface area contributed by atoms with Gasteiger partial charge in [-0.3, -0.25) is 4.79 Å². The Kier molecular flexibility index (Phi) is 7.06. The van der Waals surface area contributed by atoms with E-state index in [-0.39, 0.29) is 30.3 Å². The van der Waals surface area contributed by atoms with Crippen LogP contribution >= 0.6 is 0 Å². The zero-order valence-electron chi connectivity index (χ0n) is 17.6. The van der Waals surface area contributed by atoms with E-state index >= 15 is 0 Å². The van der Waals surface area contributed by atoms with Gasteiger partial charge in [0.25, 0.3) is 5.89 Å². The van der Waals surface area contributed by atoms with E-state index < -0.39 is 0 Å². The van der Waals surface area contributed by atoms with Crippen LogP contribution in [0.3, 0.4) is 0 Å². The van der Waals surface area contributed by atoms with E-state index in [1.54, 1.807) is 32.4 Å². The van der Waals surface area contributed by atoms with Gasteiger partial charge in [-0.2, -0.15) is 4.98 Å². The molecule has 0 radical (unpaired) electrons. The molecule has 2 atom stereocenters. The van der Waals surface area contributed by atoms with Crippen LogP contribution in [0, 0.1) is 5.92 Å². The lowest BCUT2D eigenvalue weighted by Crippen LogP contribution is -2.22. The molecule has 1 heterocycles. The van der Waals surface area contributed by atoms with Crippen LogP contribution in [0.15, 0.2) is 53.1 Å². The number of hydrogen-bond acceptors (Lipinski definition) is 7. The number of esters is 1. The Morgan fingerprint density at radius 1 is 1.07 bits per heavy atom. The maximum atomic E-state index is 12.8. The zero-order valence-corrected chi connectivity index (χ0v) is 17.6. The van der Waals surface area contributed by atoms with Crippen molar-refractivity contribution in [2.45, 2.75) is 32.8 Å². The van der Waals surface area contributed by atoms with Gasteiger partial charge in [0.1, 0.15) is 0 Å². The van der Waals surface area contributed by atoms with E-state index in [1.807, 2.05) is 37.3 Å². The summed E-state index contributed by atoms with van der Waals surface area (Å²) in [6, 6.07) is 15.0. The second-order valence-corrected chi connectivity index (χ2v) is 6.96. The van der Waals surface area contributed by atoms with E-state index in [2.05, 4.69) is 17.1 Å². The predicted molar refractivity (Wildman–Crippen MR) is 111 cm³/mol. The van der Waals surface area contributed by atoms with E-state index in [4.69, 9.17) is 18.7 Å². The Labute approximate surface area is 176 Å². The first-order valence-corrected chi connectivity index (χ1v) is 9.83. The maximum absolute atomic E-state index is 12.8. The standard InChI is InChI=1S/C23H26N2O5/c1-5-15(2)21(16-9-7-6-8-10-16)23(26)29-14-20-24-22(25-30-20)17-11-12-18(27-3)19(13-17)28-4/h6-13,15,21H,5,14H2,1-4H3/t15-,21-/m1/s1. The number of hydrogen-bond donors (Lipinski definition) is 0. The van der Waals surface area contributed by atoms with Crippen molar-refractivity contribution in [3.05, 3.63) is 60.0 Å². The SMILES string of the molecule is CC[C@@H](C)[C@@H](C(=O)OCc1nc(-c2ccc(OC)c(OC)c2)no1)c1ccccc1. The quantitative estimate of drug-likeness (QED) is 0.476. The molecule has 158 valence electrons. The fourth-order valence-corrected chi connectivity index (χ4v) is 3.22. The van der Waals surface area contributed by atoms with Crippen molar-refractivity contribution in [3.63, 3.8) is 0 Å². The third kappa shape index (κ3) is 4.79. The predicted octanol–water partition coefficient (Wildman–Crippen LogP) is 4.63. The normalized spacial score (nSPS) is 12.8. The minimum atomic E-state index is -0.343. The molecule has 3 rings (SSSR count). The monoisotopic (exact) mass is 410 g/mol. The summed E-state index contributed by atoms with van der Waals surface area (Å²) in [5.41, 5.74) is 1.64. The molecule has 30 heavy (non-hydrogen) atoms. The van der Waals surface area contributed by atoms with Gasteiger partial charge in [-0.1, -0.05) is 55.8 Å². The smallest absolute Gasteiger partial charge is 0.314 e. The van der Waals surface area contributed by atoms with Crippen molar-refractivity contribution in [3.8, 4) is 22.9 Å². The van der Waals surface area contributed by atoms with E-state index in [0.29, 0.717) is 22.9 Å². The number of rotatable bonds is 9. The topological polar surface area (TPSA) is 83.7 Å². The molecule has 0 saturated heterocycles. The molecule has 0 N–H and O–H groups in total. The van der Waals surface area contributed by atoms with E-state index in [0.717, 1.165) is 12.0 Å². The fraction of sp³-hybridized carbons (Fsp3) is 0.348. The molecule has 0 saturated carbocycles. The van der Waals surface area contributed by atoms with Crippen LogP contribution in [0.4, 0.5) is 0 Å². The lowest BCUT2D eigenvalue weighted by Gasteiger charge is -2.21. The summed E-state index contributed by atoms with van der Waals surface area (Å²) in [5.74, 6) is 1.27. The summed E-state index contributed by atoms with van der Waals surface area (Å²) in [6.45, 7) is 4.01. The van der Waals surface area contributed by atoms with Crippen molar-refractivity contribution in [1.29, 1.82) is 0 Å². The molecule has 0 bridgehead atoms. The van der Waals surface area contributed by atoms with Crippen molar-refractivity contribution in [2.75, 3.05) is 14.2 Å². The van der Waals surface area contributed by atoms with Gasteiger partial charge in [0.2, 0.25) is 5.82 Å². The highest BCUT2D eigenvalue weighted by Crippen LogP contribution is 2.31. The molecule has 0 unspecified atom stereocenters. The third-order valence-electron chi connectivity index (χ3n) is 5.07. The van der Waals surface area contributed by atoms with Crippen LogP contribution < -0.4 is 9.47 Å². The summed E-state index contributed by atoms with van der Waals surface area (Å²) in [6.07, 6.45) is 0.860. The number of carbonyl (C=O) groups excluding carboxylic acids is 1. The van der Waals surface area contributed by atoms with Gasteiger partial charge in [0.05, 0.1) is 20.1 Å². The highest BCUT2D eigenvalue weighted by Gasteiger charge is 2.27. The summed E-state index contributed by atoms with van der Waals surface area (Å²) in [7, 11) is 3.13. The van der Waals surface area contributed by atoms with Crippen LogP contribution in [0.1, 0.15) is 37.6 Å². The van der Waals surface area contributed by atoms with Crippen molar-refractivity contribution in [2.24, 2.45) is 5.92 Å². The Morgan fingerprint density at radius 2 is 1.80 bits per heavy atom. The first-order valence-electron chi connectivity index (χ1n) is 9.83. The summed E-state index contributed by atoms with van der Waals surface area (Å²) in [4.78, 5) is 17.1. The Balaban J connectivity index is 1.71. The minimum Gasteiger partial charge on any atom is -0.493 e. The van der Waals surface area contributed by atoms with Crippen molar-refractivity contribution in [1.82, 2.24) is 10.1 Å². The van der Waals surface area contributed by atoms with Crippen LogP contribution in [0.2, 0.25) is 0 Å². The molecular weight excluding hydrogens is 384 g/mol. The second-order valence-electron chi connectivity index (χ2n) is 6.96. The highest BCUT2D eigenvalue weighted by atomic mass is 16.6. The van der Waals surface area contributed by atoms with E-state index in [9.17, 15) is 4.79 Å². The molecule has 0 aliphatic carbocycles. The largest absolute Gasteiger partial charge is 0.493 e. The first-order chi connectivity index (χ1) is 14.6. The van der Waals surface area contributed by atoms with Crippen LogP contribution in [-0.4, -0.2) is 30.3 Å². The highest BCUT2D eigenvalue weighted by molar-refractivity contribution is 5.78. The van der Waals surface area contributed by atoms with Crippen LogP contribution in [0.5, 0.6) is 11.5 Å². The van der Waals surface area contributed by atoms with Crippen molar-refractivity contribution >= 4 is 5.97 Å². The van der Waals surface area contributed by atoms with Gasteiger partial charge in [-0.05, 0) is 29.7 Å². The lowest BCUT2D eigenvalue weighted by molar-refractivity contribution is -0.149. The van der Waals surface area contributed by atoms with Gasteiger partial charge >= 0.3 is 5.97 Å². The lowest BCUT2D eigenvalue weighted by atomic mass is 9.86. The van der Waals surface area contributed by atoms with Crippen LogP contribution in [0.25, 0.3) is 11.4 Å². The Hall–Kier alpha value is -3.35. The minimum absolute atomic E-state index is 0.0844. The number of nitrogens with zero attached hydrogens (tertiary/aromatic N) is 2. The van der Waals surface area contributed by atoms with Gasteiger partial charge in [-0.15, -0.1) is 0 Å². The van der Waals surface area contributed by atoms with Gasteiger partial charge in [-0.25, -0.2) is 0 Å². The summed E-state index contributed by atoms with van der Waals surface area (Å²) in [5, 5.41) is 3.98. The molecule has 0 amide bonds. The molecule has 7 heteroatoms. The number of methoxy groups -OCH3 is 2. The molecule has 0 aliphatic heterocycles. The average Bonchev–Trinajstić information content (AvgIpc) is 3.27. The Bertz CT molecular complexity index is 971. The number of aromatic nitrogens is 2. The average molecular weight is 410 g/mol. The fourth-order valence-electron chi connectivity index (χ4n) is 3.22. The number of benzene rings is 2. The molecule has 2 aromatic carbocycles. The molecule has 0 aliphatic rings. The van der Waals surface area contributed by atoms with Crippen LogP contribution in [-0.2, 0) is 16.1 Å². The first kappa shape index (κ1) is 21.4. The van der Waals surface area contributed by atoms with Gasteiger partial charge < -0.3 is 18.7 Å². The van der Waals surface area contributed by atoms with Gasteiger partial charge in [0, 0.05) is 5.56 Å². The third-order valence-corrected chi connectivity index (χ3v) is 5.07. The second kappa shape index (κ2) is 9.91. The molecule has 3 aromatic rings. The summed E-state index contributed by atoms with van der Waals surface area (Å²) < 4.78 is 21.3. The molecule has 0 spiro atoms. The molecule has 0 fully saturated rings. The van der Waals surface area contributed by atoms with Gasteiger partial charge in [0.15, 0.2) is 18.1 Å². The maximum Gasteiger partial charge on any atom is 0.314 e. The number of carbonyl (C=O) groups is 1. The zero-order chi connectivity index (χ0) is 21.5. The Morgan fingerprint density at radius 3 is 2.47 bits per heavy atom. The number of ether oxygens (including phenoxy) is 3.